The van der Waals surface area contributed by atoms with Gasteiger partial charge in [0.1, 0.15) is 12.7 Å². The van der Waals surface area contributed by atoms with E-state index in [1.54, 1.807) is 18.2 Å². The number of aliphatic hydroxyl groups is 1. The molecule has 2 rings (SSSR count). The Kier molecular flexibility index (Phi) is 6.96. The quantitative estimate of drug-likeness (QED) is 0.846. The van der Waals surface area contributed by atoms with Crippen LogP contribution in [0.1, 0.15) is 44.9 Å². The number of halogens is 1. The fourth-order valence-electron chi connectivity index (χ4n) is 2.77. The van der Waals surface area contributed by atoms with Gasteiger partial charge in [-0.15, -0.1) is 0 Å². The zero-order valence-corrected chi connectivity index (χ0v) is 12.6. The van der Waals surface area contributed by atoms with E-state index in [1.807, 2.05) is 0 Å². The first-order valence-electron chi connectivity index (χ1n) is 8.04. The zero-order valence-electron chi connectivity index (χ0n) is 12.6. The van der Waals surface area contributed by atoms with Crippen molar-refractivity contribution in [1.82, 2.24) is 5.32 Å². The Labute approximate surface area is 126 Å². The third-order valence-electron chi connectivity index (χ3n) is 4.02. The molecular formula is C17H26FNO2. The van der Waals surface area contributed by atoms with Crippen LogP contribution in [0.15, 0.2) is 24.3 Å². The molecule has 21 heavy (non-hydrogen) atoms. The highest BCUT2D eigenvalue weighted by atomic mass is 19.1. The molecule has 0 aliphatic heterocycles. The second-order valence-electron chi connectivity index (χ2n) is 5.85. The molecule has 0 spiro atoms. The monoisotopic (exact) mass is 295 g/mol. The SMILES string of the molecule is O[C@@H](CNC1CCCCCCC1)COc1ccccc1F. The van der Waals surface area contributed by atoms with Crippen molar-refractivity contribution in [3.05, 3.63) is 30.1 Å². The van der Waals surface area contributed by atoms with Gasteiger partial charge in [-0.05, 0) is 25.0 Å². The van der Waals surface area contributed by atoms with Gasteiger partial charge in [0, 0.05) is 12.6 Å². The van der Waals surface area contributed by atoms with Crippen molar-refractivity contribution >= 4 is 0 Å². The molecule has 0 saturated heterocycles. The first kappa shape index (κ1) is 16.2. The summed E-state index contributed by atoms with van der Waals surface area (Å²) in [6, 6.07) is 6.76. The summed E-state index contributed by atoms with van der Waals surface area (Å²) in [5.41, 5.74) is 0. The van der Waals surface area contributed by atoms with Gasteiger partial charge >= 0.3 is 0 Å². The van der Waals surface area contributed by atoms with E-state index in [2.05, 4.69) is 5.32 Å². The summed E-state index contributed by atoms with van der Waals surface area (Å²) in [7, 11) is 0. The molecule has 1 saturated carbocycles. The van der Waals surface area contributed by atoms with E-state index < -0.39 is 11.9 Å². The minimum Gasteiger partial charge on any atom is -0.488 e. The molecule has 4 heteroatoms. The molecule has 1 aromatic rings. The van der Waals surface area contributed by atoms with E-state index in [0.717, 1.165) is 0 Å². The fourth-order valence-corrected chi connectivity index (χ4v) is 2.77. The van der Waals surface area contributed by atoms with E-state index in [4.69, 9.17) is 4.74 Å². The molecule has 0 bridgehead atoms. The third kappa shape index (κ3) is 6.02. The van der Waals surface area contributed by atoms with Crippen LogP contribution in [-0.2, 0) is 0 Å². The van der Waals surface area contributed by atoms with E-state index in [1.165, 1.54) is 51.0 Å². The highest BCUT2D eigenvalue weighted by Gasteiger charge is 2.13. The van der Waals surface area contributed by atoms with Crippen molar-refractivity contribution in [2.45, 2.75) is 57.1 Å². The van der Waals surface area contributed by atoms with E-state index in [-0.39, 0.29) is 12.4 Å². The highest BCUT2D eigenvalue weighted by Crippen LogP contribution is 2.17. The first-order chi connectivity index (χ1) is 10.3. The fraction of sp³-hybridized carbons (Fsp3) is 0.647. The molecule has 0 amide bonds. The second-order valence-corrected chi connectivity index (χ2v) is 5.85. The number of aliphatic hydroxyl groups excluding tert-OH is 1. The van der Waals surface area contributed by atoms with Crippen molar-refractivity contribution in [3.63, 3.8) is 0 Å². The van der Waals surface area contributed by atoms with Gasteiger partial charge in [0.15, 0.2) is 11.6 Å². The standard InChI is InChI=1S/C17H26FNO2/c18-16-10-6-7-11-17(16)21-13-15(20)12-19-14-8-4-2-1-3-5-9-14/h6-7,10-11,14-15,19-20H,1-5,8-9,12-13H2/t15-/m0/s1. The number of hydrogen-bond acceptors (Lipinski definition) is 3. The largest absolute Gasteiger partial charge is 0.488 e. The number of para-hydroxylation sites is 1. The predicted molar refractivity (Wildman–Crippen MR) is 82.0 cm³/mol. The second kappa shape index (κ2) is 9.00. The number of ether oxygens (including phenoxy) is 1. The number of benzene rings is 1. The topological polar surface area (TPSA) is 41.5 Å². The average Bonchev–Trinajstić information content (AvgIpc) is 2.45. The molecule has 1 fully saturated rings. The number of nitrogens with one attached hydrogen (secondary N) is 1. The number of rotatable bonds is 6. The van der Waals surface area contributed by atoms with Crippen molar-refractivity contribution in [2.24, 2.45) is 0 Å². The summed E-state index contributed by atoms with van der Waals surface area (Å²) in [5.74, 6) is -0.194. The Morgan fingerprint density at radius 3 is 2.52 bits per heavy atom. The van der Waals surface area contributed by atoms with Crippen LogP contribution in [0.2, 0.25) is 0 Å². The van der Waals surface area contributed by atoms with Gasteiger partial charge in [-0.3, -0.25) is 0 Å². The third-order valence-corrected chi connectivity index (χ3v) is 4.02. The molecule has 0 heterocycles. The summed E-state index contributed by atoms with van der Waals surface area (Å²) >= 11 is 0. The van der Waals surface area contributed by atoms with Crippen molar-refractivity contribution in [1.29, 1.82) is 0 Å². The molecule has 0 unspecified atom stereocenters. The van der Waals surface area contributed by atoms with E-state index in [0.29, 0.717) is 12.6 Å². The minimum absolute atomic E-state index is 0.112. The molecule has 0 aromatic heterocycles. The average molecular weight is 295 g/mol. The highest BCUT2D eigenvalue weighted by molar-refractivity contribution is 5.23. The predicted octanol–water partition coefficient (Wildman–Crippen LogP) is 3.27. The molecule has 118 valence electrons. The molecule has 0 radical (unpaired) electrons. The Hall–Kier alpha value is -1.13. The molecule has 2 N–H and O–H groups in total. The Balaban J connectivity index is 1.67. The molecular weight excluding hydrogens is 269 g/mol. The lowest BCUT2D eigenvalue weighted by molar-refractivity contribution is 0.100. The summed E-state index contributed by atoms with van der Waals surface area (Å²) in [4.78, 5) is 0. The van der Waals surface area contributed by atoms with Gasteiger partial charge in [-0.1, -0.05) is 44.2 Å². The lowest BCUT2D eigenvalue weighted by Crippen LogP contribution is -2.38. The Morgan fingerprint density at radius 2 is 1.81 bits per heavy atom. The van der Waals surface area contributed by atoms with Crippen LogP contribution in [-0.4, -0.2) is 30.4 Å². The van der Waals surface area contributed by atoms with Crippen LogP contribution in [0.4, 0.5) is 4.39 Å². The lowest BCUT2D eigenvalue weighted by Gasteiger charge is -2.22. The van der Waals surface area contributed by atoms with Crippen LogP contribution < -0.4 is 10.1 Å². The van der Waals surface area contributed by atoms with Crippen LogP contribution in [0.3, 0.4) is 0 Å². The molecule has 3 nitrogen and oxygen atoms in total. The Morgan fingerprint density at radius 1 is 1.14 bits per heavy atom. The molecule has 1 aromatic carbocycles. The van der Waals surface area contributed by atoms with Crippen molar-refractivity contribution in [2.75, 3.05) is 13.2 Å². The summed E-state index contributed by atoms with van der Waals surface area (Å²) < 4.78 is 18.7. The van der Waals surface area contributed by atoms with Gasteiger partial charge in [0.2, 0.25) is 0 Å². The maximum absolute atomic E-state index is 13.4. The maximum atomic E-state index is 13.4. The Bertz CT molecular complexity index is 406. The summed E-state index contributed by atoms with van der Waals surface area (Å²) in [6.45, 7) is 0.611. The maximum Gasteiger partial charge on any atom is 0.165 e. The summed E-state index contributed by atoms with van der Waals surface area (Å²) in [6.07, 6.45) is 8.26. The van der Waals surface area contributed by atoms with Crippen LogP contribution in [0.5, 0.6) is 5.75 Å². The summed E-state index contributed by atoms with van der Waals surface area (Å²) in [5, 5.41) is 13.4. The normalized spacial score (nSPS) is 18.8. The van der Waals surface area contributed by atoms with Gasteiger partial charge in [-0.2, -0.15) is 0 Å². The van der Waals surface area contributed by atoms with Crippen LogP contribution >= 0.6 is 0 Å². The molecule has 1 aliphatic carbocycles. The zero-order chi connectivity index (χ0) is 14.9. The van der Waals surface area contributed by atoms with E-state index in [9.17, 15) is 9.50 Å². The first-order valence-corrected chi connectivity index (χ1v) is 8.04. The van der Waals surface area contributed by atoms with Crippen molar-refractivity contribution in [3.8, 4) is 5.75 Å². The van der Waals surface area contributed by atoms with E-state index >= 15 is 0 Å². The number of hydrogen-bond donors (Lipinski definition) is 2. The van der Waals surface area contributed by atoms with Crippen LogP contribution in [0.25, 0.3) is 0 Å². The van der Waals surface area contributed by atoms with Gasteiger partial charge < -0.3 is 15.2 Å². The molecule has 1 aliphatic rings. The van der Waals surface area contributed by atoms with Crippen molar-refractivity contribution < 1.29 is 14.2 Å². The minimum atomic E-state index is -0.616. The molecule has 1 atom stereocenters. The van der Waals surface area contributed by atoms with Gasteiger partial charge in [0.25, 0.3) is 0 Å². The lowest BCUT2D eigenvalue weighted by atomic mass is 9.96. The smallest absolute Gasteiger partial charge is 0.165 e. The van der Waals surface area contributed by atoms with Crippen LogP contribution in [0, 0.1) is 5.82 Å². The van der Waals surface area contributed by atoms with Gasteiger partial charge in [0.05, 0.1) is 0 Å². The van der Waals surface area contributed by atoms with Gasteiger partial charge in [-0.25, -0.2) is 4.39 Å².